The number of amides is 2. The third-order valence-electron chi connectivity index (χ3n) is 5.40. The Morgan fingerprint density at radius 1 is 1.19 bits per heavy atom. The van der Waals surface area contributed by atoms with Crippen LogP contribution in [-0.2, 0) is 4.79 Å². The molecule has 2 aliphatic rings. The van der Waals surface area contributed by atoms with Gasteiger partial charge < -0.3 is 14.9 Å². The van der Waals surface area contributed by atoms with Crippen molar-refractivity contribution in [2.24, 2.45) is 11.3 Å². The van der Waals surface area contributed by atoms with Crippen LogP contribution in [0.3, 0.4) is 0 Å². The lowest BCUT2D eigenvalue weighted by Gasteiger charge is -2.33. The molecule has 2 heterocycles. The topological polar surface area (TPSA) is 60.9 Å². The molecule has 5 nitrogen and oxygen atoms in total. The Balaban J connectivity index is 2.09. The lowest BCUT2D eigenvalue weighted by molar-refractivity contribution is -0.150. The van der Waals surface area contributed by atoms with E-state index in [1.165, 1.54) is 12.8 Å². The van der Waals surface area contributed by atoms with Crippen LogP contribution >= 0.6 is 0 Å². The van der Waals surface area contributed by atoms with Crippen molar-refractivity contribution < 1.29 is 14.7 Å². The molecule has 2 aliphatic heterocycles. The smallest absolute Gasteiger partial charge is 0.320 e. The summed E-state index contributed by atoms with van der Waals surface area (Å²) in [5.74, 6) is -0.730. The highest BCUT2D eigenvalue weighted by Gasteiger charge is 2.49. The number of likely N-dealkylation sites (tertiary alicyclic amines) is 2. The van der Waals surface area contributed by atoms with Crippen LogP contribution in [-0.4, -0.2) is 52.6 Å². The van der Waals surface area contributed by atoms with E-state index in [-0.39, 0.29) is 18.0 Å². The van der Waals surface area contributed by atoms with Crippen LogP contribution in [0.5, 0.6) is 0 Å². The average Bonchev–Trinajstić information content (AvgIpc) is 2.78. The molecule has 0 aliphatic carbocycles. The number of rotatable bonds is 2. The van der Waals surface area contributed by atoms with Gasteiger partial charge in [0.25, 0.3) is 0 Å². The molecular formula is C16H28N2O3. The first-order valence-corrected chi connectivity index (χ1v) is 8.17. The Labute approximate surface area is 127 Å². The highest BCUT2D eigenvalue weighted by Crippen LogP contribution is 2.38. The molecule has 120 valence electrons. The van der Waals surface area contributed by atoms with E-state index in [0.717, 1.165) is 19.4 Å². The van der Waals surface area contributed by atoms with Crippen LogP contribution in [0.1, 0.15) is 52.9 Å². The number of hydrogen-bond donors (Lipinski definition) is 1. The van der Waals surface area contributed by atoms with E-state index in [1.54, 1.807) is 4.90 Å². The van der Waals surface area contributed by atoms with Crippen LogP contribution in [0.2, 0.25) is 0 Å². The van der Waals surface area contributed by atoms with Crippen molar-refractivity contribution in [3.05, 3.63) is 0 Å². The number of hydrogen-bond acceptors (Lipinski definition) is 2. The molecular weight excluding hydrogens is 268 g/mol. The van der Waals surface area contributed by atoms with Crippen molar-refractivity contribution in [1.29, 1.82) is 0 Å². The van der Waals surface area contributed by atoms with Gasteiger partial charge in [-0.15, -0.1) is 0 Å². The maximum absolute atomic E-state index is 12.8. The van der Waals surface area contributed by atoms with E-state index in [9.17, 15) is 14.7 Å². The summed E-state index contributed by atoms with van der Waals surface area (Å²) in [7, 11) is 0. The highest BCUT2D eigenvalue weighted by molar-refractivity contribution is 5.80. The fourth-order valence-electron chi connectivity index (χ4n) is 3.63. The van der Waals surface area contributed by atoms with Crippen molar-refractivity contribution in [2.45, 2.75) is 58.9 Å². The minimum absolute atomic E-state index is 0.0353. The molecule has 0 bridgehead atoms. The Kier molecular flexibility index (Phi) is 4.79. The van der Waals surface area contributed by atoms with E-state index in [1.807, 2.05) is 18.7 Å². The molecule has 0 spiro atoms. The minimum Gasteiger partial charge on any atom is -0.481 e. The van der Waals surface area contributed by atoms with E-state index in [2.05, 4.69) is 6.92 Å². The number of aliphatic carboxylic acids is 1. The summed E-state index contributed by atoms with van der Waals surface area (Å²) < 4.78 is 0. The van der Waals surface area contributed by atoms with Gasteiger partial charge in [0.1, 0.15) is 0 Å². The van der Waals surface area contributed by atoms with Crippen molar-refractivity contribution in [3.63, 3.8) is 0 Å². The van der Waals surface area contributed by atoms with E-state index >= 15 is 0 Å². The molecule has 2 fully saturated rings. The van der Waals surface area contributed by atoms with Crippen LogP contribution in [0.4, 0.5) is 4.79 Å². The van der Waals surface area contributed by atoms with Gasteiger partial charge in [0, 0.05) is 25.7 Å². The molecule has 2 amide bonds. The molecule has 2 unspecified atom stereocenters. The number of carboxylic acids is 1. The normalized spacial score (nSPS) is 30.6. The van der Waals surface area contributed by atoms with Gasteiger partial charge in [0.05, 0.1) is 5.41 Å². The molecule has 2 saturated heterocycles. The summed E-state index contributed by atoms with van der Waals surface area (Å²) in [6, 6.07) is 0.298. The van der Waals surface area contributed by atoms with Crippen molar-refractivity contribution in [1.82, 2.24) is 9.80 Å². The first kappa shape index (κ1) is 16.1. The fourth-order valence-corrected chi connectivity index (χ4v) is 3.63. The zero-order chi connectivity index (χ0) is 15.6. The number of carbonyl (C=O) groups excluding carboxylic acids is 1. The van der Waals surface area contributed by atoms with Gasteiger partial charge in [-0.25, -0.2) is 4.79 Å². The summed E-state index contributed by atoms with van der Waals surface area (Å²) in [4.78, 5) is 28.1. The zero-order valence-corrected chi connectivity index (χ0v) is 13.5. The fraction of sp³-hybridized carbons (Fsp3) is 0.875. The highest BCUT2D eigenvalue weighted by atomic mass is 16.4. The predicted molar refractivity (Wildman–Crippen MR) is 81.1 cm³/mol. The monoisotopic (exact) mass is 296 g/mol. The molecule has 0 aromatic heterocycles. The van der Waals surface area contributed by atoms with Gasteiger partial charge in [-0.05, 0) is 32.1 Å². The maximum atomic E-state index is 12.8. The lowest BCUT2D eigenvalue weighted by Crippen LogP contribution is -2.48. The van der Waals surface area contributed by atoms with E-state index < -0.39 is 11.4 Å². The molecule has 1 N–H and O–H groups in total. The molecule has 0 aromatic rings. The molecule has 2 rings (SSSR count). The van der Waals surface area contributed by atoms with E-state index in [0.29, 0.717) is 19.5 Å². The molecule has 0 aromatic carbocycles. The Morgan fingerprint density at radius 3 is 2.48 bits per heavy atom. The van der Waals surface area contributed by atoms with Gasteiger partial charge in [-0.2, -0.15) is 0 Å². The van der Waals surface area contributed by atoms with Crippen LogP contribution in [0.25, 0.3) is 0 Å². The predicted octanol–water partition coefficient (Wildman–Crippen LogP) is 2.80. The van der Waals surface area contributed by atoms with Gasteiger partial charge in [0.15, 0.2) is 0 Å². The van der Waals surface area contributed by atoms with Gasteiger partial charge in [0.2, 0.25) is 0 Å². The largest absolute Gasteiger partial charge is 0.481 e. The quantitative estimate of drug-likeness (QED) is 0.852. The Bertz CT molecular complexity index is 410. The zero-order valence-electron chi connectivity index (χ0n) is 13.5. The minimum atomic E-state index is -0.773. The molecule has 0 radical (unpaired) electrons. The lowest BCUT2D eigenvalue weighted by atomic mass is 9.76. The summed E-state index contributed by atoms with van der Waals surface area (Å²) in [5.41, 5.74) is -0.773. The average molecular weight is 296 g/mol. The number of carbonyl (C=O) groups is 2. The van der Waals surface area contributed by atoms with Crippen molar-refractivity contribution >= 4 is 12.0 Å². The first-order valence-electron chi connectivity index (χ1n) is 8.17. The molecule has 21 heavy (non-hydrogen) atoms. The third-order valence-corrected chi connectivity index (χ3v) is 5.40. The summed E-state index contributed by atoms with van der Waals surface area (Å²) >= 11 is 0. The van der Waals surface area contributed by atoms with Crippen LogP contribution < -0.4 is 0 Å². The second-order valence-corrected chi connectivity index (χ2v) is 6.96. The van der Waals surface area contributed by atoms with Gasteiger partial charge in [-0.1, -0.05) is 26.7 Å². The van der Waals surface area contributed by atoms with Crippen LogP contribution in [0, 0.1) is 11.3 Å². The standard InChI is InChI=1S/C16H28N2O3/c1-12(2)16(14(19)20)8-10-17(11-16)15(21)18-9-6-4-5-7-13(18)3/h12-13H,4-11H2,1-3H3,(H,19,20). The van der Waals surface area contributed by atoms with E-state index in [4.69, 9.17) is 0 Å². The number of urea groups is 1. The Morgan fingerprint density at radius 2 is 1.90 bits per heavy atom. The second kappa shape index (κ2) is 6.24. The maximum Gasteiger partial charge on any atom is 0.320 e. The van der Waals surface area contributed by atoms with Crippen molar-refractivity contribution in [3.8, 4) is 0 Å². The number of carboxylic acid groups (broad SMARTS) is 1. The van der Waals surface area contributed by atoms with Crippen LogP contribution in [0.15, 0.2) is 0 Å². The third kappa shape index (κ3) is 3.01. The Hall–Kier alpha value is -1.26. The second-order valence-electron chi connectivity index (χ2n) is 6.96. The summed E-state index contributed by atoms with van der Waals surface area (Å²) in [5, 5.41) is 9.59. The first-order chi connectivity index (χ1) is 9.88. The number of nitrogens with zero attached hydrogens (tertiary/aromatic N) is 2. The molecule has 0 saturated carbocycles. The SMILES string of the molecule is CC1CCCCCN1C(=O)N1CCC(C(=O)O)(C(C)C)C1. The summed E-state index contributed by atoms with van der Waals surface area (Å²) in [6.45, 7) is 7.70. The van der Waals surface area contributed by atoms with Gasteiger partial charge >= 0.3 is 12.0 Å². The summed E-state index contributed by atoms with van der Waals surface area (Å²) in [6.07, 6.45) is 5.02. The molecule has 5 heteroatoms. The van der Waals surface area contributed by atoms with Crippen molar-refractivity contribution in [2.75, 3.05) is 19.6 Å². The molecule has 2 atom stereocenters. The van der Waals surface area contributed by atoms with Gasteiger partial charge in [-0.3, -0.25) is 4.79 Å².